The molecule has 0 bridgehead atoms. The van der Waals surface area contributed by atoms with Gasteiger partial charge in [0.2, 0.25) is 11.1 Å². The maximum Gasteiger partial charge on any atom is 0.234 e. The van der Waals surface area contributed by atoms with Crippen LogP contribution in [0, 0.1) is 0 Å². The molecule has 1 amide bonds. The molecular formula is C21H16Br3N5O2S. The van der Waals surface area contributed by atoms with Gasteiger partial charge >= 0.3 is 0 Å². The first-order chi connectivity index (χ1) is 15.4. The van der Waals surface area contributed by atoms with E-state index >= 15 is 0 Å². The zero-order chi connectivity index (χ0) is 22.8. The van der Waals surface area contributed by atoms with Crippen molar-refractivity contribution in [1.82, 2.24) is 19.7 Å². The van der Waals surface area contributed by atoms with Gasteiger partial charge in [0.05, 0.1) is 33.0 Å². The molecule has 0 saturated heterocycles. The number of nitrogens with zero attached hydrogens (tertiary/aromatic N) is 4. The van der Waals surface area contributed by atoms with Gasteiger partial charge in [-0.25, -0.2) is 4.98 Å². The number of aromatic nitrogens is 4. The van der Waals surface area contributed by atoms with E-state index in [4.69, 9.17) is 4.74 Å². The van der Waals surface area contributed by atoms with Crippen molar-refractivity contribution in [3.63, 3.8) is 0 Å². The van der Waals surface area contributed by atoms with E-state index in [2.05, 4.69) is 74.9 Å². The monoisotopic (exact) mass is 639 g/mol. The summed E-state index contributed by atoms with van der Waals surface area (Å²) < 4.78 is 9.51. The Hall–Kier alpha value is -1.95. The molecule has 4 rings (SSSR count). The maximum atomic E-state index is 12.6. The highest BCUT2D eigenvalue weighted by Gasteiger charge is 2.18. The van der Waals surface area contributed by atoms with Crippen molar-refractivity contribution < 1.29 is 9.53 Å². The quantitative estimate of drug-likeness (QED) is 0.191. The number of benzene rings is 2. The molecule has 0 aliphatic rings. The summed E-state index contributed by atoms with van der Waals surface area (Å²) in [5, 5.41) is 12.9. The van der Waals surface area contributed by atoms with Gasteiger partial charge in [0, 0.05) is 16.4 Å². The second-order valence-corrected chi connectivity index (χ2v) is 10.0. The summed E-state index contributed by atoms with van der Waals surface area (Å²) in [4.78, 5) is 17.3. The van der Waals surface area contributed by atoms with Crippen LogP contribution in [0.2, 0.25) is 0 Å². The number of methoxy groups -OCH3 is 1. The Morgan fingerprint density at radius 2 is 2.03 bits per heavy atom. The fraction of sp³-hybridized carbons (Fsp3) is 0.143. The summed E-state index contributed by atoms with van der Waals surface area (Å²) in [6.07, 6.45) is 1.82. The Bertz CT molecular complexity index is 1360. The first kappa shape index (κ1) is 23.2. The molecule has 1 N–H and O–H groups in total. The van der Waals surface area contributed by atoms with Crippen LogP contribution in [0.1, 0.15) is 0 Å². The minimum atomic E-state index is -0.212. The number of carbonyl (C=O) groups is 1. The van der Waals surface area contributed by atoms with Crippen molar-refractivity contribution in [1.29, 1.82) is 0 Å². The van der Waals surface area contributed by atoms with Crippen LogP contribution >= 0.6 is 59.6 Å². The molecule has 0 fully saturated rings. The van der Waals surface area contributed by atoms with Crippen LogP contribution in [0.3, 0.4) is 0 Å². The van der Waals surface area contributed by atoms with Crippen molar-refractivity contribution in [2.45, 2.75) is 11.7 Å². The Kier molecular flexibility index (Phi) is 7.18. The SMILES string of the molecule is C=CCn1c2ccccc2c2nnc(SCC(=O)Nc3c(Br)cc(Br)c(OC)c3Br)nc21. The van der Waals surface area contributed by atoms with Crippen molar-refractivity contribution in [3.05, 3.63) is 56.4 Å². The largest absolute Gasteiger partial charge is 0.494 e. The molecule has 4 aromatic rings. The Labute approximate surface area is 213 Å². The first-order valence-electron chi connectivity index (χ1n) is 9.31. The molecule has 0 unspecified atom stereocenters. The second-order valence-electron chi connectivity index (χ2n) is 6.58. The number of amides is 1. The van der Waals surface area contributed by atoms with Gasteiger partial charge in [-0.3, -0.25) is 4.79 Å². The summed E-state index contributed by atoms with van der Waals surface area (Å²) in [5.41, 5.74) is 3.04. The molecule has 164 valence electrons. The summed E-state index contributed by atoms with van der Waals surface area (Å²) in [6, 6.07) is 9.76. The van der Waals surface area contributed by atoms with Crippen molar-refractivity contribution in [2.75, 3.05) is 18.2 Å². The lowest BCUT2D eigenvalue weighted by molar-refractivity contribution is -0.113. The zero-order valence-electron chi connectivity index (χ0n) is 16.7. The number of fused-ring (bicyclic) bond motifs is 3. The standard InChI is InChI=1S/C21H16Br3N5O2S/c1-3-8-29-14-7-5-4-6-11(14)17-20(29)26-21(28-27-17)32-10-15(30)25-18-12(22)9-13(23)19(31-2)16(18)24/h3-7,9H,1,8,10H2,2H3,(H,25,30). The maximum absolute atomic E-state index is 12.6. The molecule has 2 aromatic carbocycles. The topological polar surface area (TPSA) is 81.9 Å². The number of anilines is 1. The molecule has 7 nitrogen and oxygen atoms in total. The first-order valence-corrected chi connectivity index (χ1v) is 12.7. The fourth-order valence-corrected chi connectivity index (χ4v) is 6.47. The molecule has 2 aromatic heterocycles. The number of rotatable bonds is 7. The van der Waals surface area contributed by atoms with E-state index < -0.39 is 0 Å². The van der Waals surface area contributed by atoms with Crippen molar-refractivity contribution in [3.8, 4) is 5.75 Å². The third kappa shape index (κ3) is 4.43. The molecule has 0 saturated carbocycles. The van der Waals surface area contributed by atoms with E-state index in [-0.39, 0.29) is 11.7 Å². The highest BCUT2D eigenvalue weighted by Crippen LogP contribution is 2.43. The van der Waals surface area contributed by atoms with E-state index in [1.54, 1.807) is 7.11 Å². The minimum absolute atomic E-state index is 0.117. The van der Waals surface area contributed by atoms with Gasteiger partial charge in [-0.1, -0.05) is 36.0 Å². The summed E-state index contributed by atoms with van der Waals surface area (Å²) in [6.45, 7) is 4.44. The van der Waals surface area contributed by atoms with Crippen LogP contribution in [0.25, 0.3) is 22.1 Å². The van der Waals surface area contributed by atoms with E-state index in [1.165, 1.54) is 11.8 Å². The van der Waals surface area contributed by atoms with Gasteiger partial charge in [-0.2, -0.15) is 0 Å². The van der Waals surface area contributed by atoms with E-state index in [1.807, 2.05) is 41.0 Å². The van der Waals surface area contributed by atoms with Gasteiger partial charge in [0.25, 0.3) is 0 Å². The Morgan fingerprint density at radius 1 is 1.25 bits per heavy atom. The summed E-state index contributed by atoms with van der Waals surface area (Å²) in [7, 11) is 1.56. The average Bonchev–Trinajstić information content (AvgIpc) is 3.09. The van der Waals surface area contributed by atoms with Crippen molar-refractivity contribution in [2.24, 2.45) is 0 Å². The number of halogens is 3. The molecule has 2 heterocycles. The summed E-state index contributed by atoms with van der Waals surface area (Å²) in [5.74, 6) is 0.492. The number of ether oxygens (including phenoxy) is 1. The van der Waals surface area contributed by atoms with Crippen LogP contribution in [0.5, 0.6) is 5.75 Å². The lowest BCUT2D eigenvalue weighted by Gasteiger charge is -2.14. The average molecular weight is 642 g/mol. The number of hydrogen-bond acceptors (Lipinski definition) is 6. The Morgan fingerprint density at radius 3 is 2.78 bits per heavy atom. The van der Waals surface area contributed by atoms with Crippen LogP contribution in [-0.2, 0) is 11.3 Å². The van der Waals surface area contributed by atoms with Crippen LogP contribution in [0.15, 0.2) is 61.6 Å². The smallest absolute Gasteiger partial charge is 0.234 e. The summed E-state index contributed by atoms with van der Waals surface area (Å²) >= 11 is 11.6. The van der Waals surface area contributed by atoms with Gasteiger partial charge in [-0.15, -0.1) is 16.8 Å². The molecule has 0 aliphatic carbocycles. The minimum Gasteiger partial charge on any atom is -0.494 e. The predicted molar refractivity (Wildman–Crippen MR) is 138 cm³/mol. The number of hydrogen-bond donors (Lipinski definition) is 1. The molecule has 0 aliphatic heterocycles. The van der Waals surface area contributed by atoms with E-state index in [0.717, 1.165) is 20.9 Å². The van der Waals surface area contributed by atoms with Crippen LogP contribution in [-0.4, -0.2) is 38.5 Å². The van der Waals surface area contributed by atoms with Crippen LogP contribution < -0.4 is 10.1 Å². The molecule has 11 heteroatoms. The van der Waals surface area contributed by atoms with E-state index in [0.29, 0.717) is 37.7 Å². The van der Waals surface area contributed by atoms with Gasteiger partial charge in [0.1, 0.15) is 11.3 Å². The lowest BCUT2D eigenvalue weighted by atomic mass is 10.2. The third-order valence-corrected chi connectivity index (χ3v) is 7.40. The Balaban J connectivity index is 1.56. The third-order valence-electron chi connectivity index (χ3n) is 4.60. The van der Waals surface area contributed by atoms with Gasteiger partial charge in [-0.05, 0) is 59.9 Å². The second kappa shape index (κ2) is 9.90. The molecule has 32 heavy (non-hydrogen) atoms. The van der Waals surface area contributed by atoms with Gasteiger partial charge < -0.3 is 14.6 Å². The predicted octanol–water partition coefficient (Wildman–Crippen LogP) is 6.19. The number of nitrogens with one attached hydrogen (secondary N) is 1. The zero-order valence-corrected chi connectivity index (χ0v) is 22.3. The van der Waals surface area contributed by atoms with E-state index in [9.17, 15) is 4.79 Å². The van der Waals surface area contributed by atoms with Crippen LogP contribution in [0.4, 0.5) is 5.69 Å². The number of para-hydroxylation sites is 1. The highest BCUT2D eigenvalue weighted by atomic mass is 79.9. The molecule has 0 atom stereocenters. The number of carbonyl (C=O) groups excluding carboxylic acids is 1. The number of thioether (sulfide) groups is 1. The molecular weight excluding hydrogens is 626 g/mol. The normalized spacial score (nSPS) is 11.1. The van der Waals surface area contributed by atoms with Crippen molar-refractivity contribution >= 4 is 93.2 Å². The highest BCUT2D eigenvalue weighted by molar-refractivity contribution is 9.11. The van der Waals surface area contributed by atoms with Gasteiger partial charge in [0.15, 0.2) is 5.65 Å². The lowest BCUT2D eigenvalue weighted by Crippen LogP contribution is -2.15. The fourth-order valence-electron chi connectivity index (χ4n) is 3.24. The molecule has 0 spiro atoms. The number of allylic oxidation sites excluding steroid dienone is 1. The molecule has 0 radical (unpaired) electrons.